The van der Waals surface area contributed by atoms with Crippen molar-refractivity contribution in [1.82, 2.24) is 9.13 Å². The van der Waals surface area contributed by atoms with Gasteiger partial charge in [-0.15, -0.1) is 0 Å². The van der Waals surface area contributed by atoms with Gasteiger partial charge in [-0.05, 0) is 107 Å². The van der Waals surface area contributed by atoms with Gasteiger partial charge in [0.25, 0.3) is 0 Å². The lowest BCUT2D eigenvalue weighted by molar-refractivity contribution is 0.677. The van der Waals surface area contributed by atoms with Gasteiger partial charge in [-0.25, -0.2) is 0 Å². The minimum Gasteiger partial charge on any atom is -0.455 e. The molecule has 55 heavy (non-hydrogen) atoms. The first-order valence-corrected chi connectivity index (χ1v) is 18.2. The van der Waals surface area contributed by atoms with Crippen molar-refractivity contribution in [3.63, 3.8) is 0 Å². The van der Waals surface area contributed by atoms with Gasteiger partial charge in [0.2, 0.25) is 0 Å². The minimum absolute atomic E-state index is 0.653. The van der Waals surface area contributed by atoms with Crippen LogP contribution in [-0.2, 0) is 0 Å². The lowest BCUT2D eigenvalue weighted by Gasteiger charge is -2.09. The van der Waals surface area contributed by atoms with Crippen LogP contribution in [0.3, 0.4) is 0 Å². The molecular formula is C50H28N4O. The number of rotatable bonds is 4. The quantitative estimate of drug-likeness (QED) is 0.183. The van der Waals surface area contributed by atoms with Gasteiger partial charge in [0, 0.05) is 32.9 Å². The number of fused-ring (bicyclic) bond motifs is 11. The predicted molar refractivity (Wildman–Crippen MR) is 223 cm³/mol. The summed E-state index contributed by atoms with van der Waals surface area (Å²) >= 11 is 0. The van der Waals surface area contributed by atoms with E-state index in [4.69, 9.17) is 4.42 Å². The highest BCUT2D eigenvalue weighted by Gasteiger charge is 2.22. The van der Waals surface area contributed by atoms with Crippen LogP contribution in [0.2, 0.25) is 0 Å². The van der Waals surface area contributed by atoms with E-state index in [-0.39, 0.29) is 0 Å². The third-order valence-electron chi connectivity index (χ3n) is 11.0. The Morgan fingerprint density at radius 2 is 0.709 bits per heavy atom. The Hall–Kier alpha value is -7.86. The summed E-state index contributed by atoms with van der Waals surface area (Å²) in [4.78, 5) is 0. The van der Waals surface area contributed by atoms with Gasteiger partial charge in [-0.3, -0.25) is 0 Å². The first kappa shape index (κ1) is 30.7. The number of nitrogens with zero attached hydrogens (tertiary/aromatic N) is 4. The molecule has 0 saturated carbocycles. The van der Waals surface area contributed by atoms with E-state index >= 15 is 0 Å². The maximum atomic E-state index is 9.24. The van der Waals surface area contributed by atoms with Crippen LogP contribution in [0, 0.1) is 22.7 Å². The third-order valence-corrected chi connectivity index (χ3v) is 11.0. The summed E-state index contributed by atoms with van der Waals surface area (Å²) in [5, 5.41) is 25.1. The Morgan fingerprint density at radius 1 is 0.345 bits per heavy atom. The van der Waals surface area contributed by atoms with Gasteiger partial charge in [-0.2, -0.15) is 10.5 Å². The van der Waals surface area contributed by atoms with Gasteiger partial charge in [0.1, 0.15) is 11.2 Å². The van der Waals surface area contributed by atoms with Crippen molar-refractivity contribution < 1.29 is 4.42 Å². The van der Waals surface area contributed by atoms with Gasteiger partial charge in [0.15, 0.2) is 0 Å². The van der Waals surface area contributed by atoms with E-state index in [0.717, 1.165) is 99.2 Å². The molecule has 5 heteroatoms. The van der Waals surface area contributed by atoms with E-state index in [9.17, 15) is 10.5 Å². The molecule has 3 heterocycles. The zero-order valence-electron chi connectivity index (χ0n) is 29.4. The highest BCUT2D eigenvalue weighted by molar-refractivity contribution is 6.29. The molecule has 11 aromatic rings. The molecule has 0 aliphatic heterocycles. The van der Waals surface area contributed by atoms with E-state index in [0.29, 0.717) is 11.1 Å². The van der Waals surface area contributed by atoms with Crippen LogP contribution in [0.25, 0.3) is 99.2 Å². The normalized spacial score (nSPS) is 11.6. The summed E-state index contributed by atoms with van der Waals surface area (Å²) in [6, 6.07) is 63.0. The fraction of sp³-hybridized carbons (Fsp3) is 0. The van der Waals surface area contributed by atoms with Crippen LogP contribution in [0.15, 0.2) is 174 Å². The van der Waals surface area contributed by atoms with Gasteiger partial charge >= 0.3 is 0 Å². The fourth-order valence-electron chi connectivity index (χ4n) is 8.43. The molecule has 0 bridgehead atoms. The van der Waals surface area contributed by atoms with E-state index in [1.807, 2.05) is 48.5 Å². The van der Waals surface area contributed by atoms with E-state index in [2.05, 4.69) is 143 Å². The van der Waals surface area contributed by atoms with Gasteiger partial charge < -0.3 is 13.6 Å². The predicted octanol–water partition coefficient (Wildman–Crippen LogP) is 12.9. The van der Waals surface area contributed by atoms with E-state index < -0.39 is 0 Å². The summed E-state index contributed by atoms with van der Waals surface area (Å²) in [6.45, 7) is 0. The second-order valence-electron chi connectivity index (χ2n) is 14.0. The van der Waals surface area contributed by atoms with Crippen molar-refractivity contribution in [2.45, 2.75) is 0 Å². The molecule has 0 unspecified atom stereocenters. The van der Waals surface area contributed by atoms with Crippen molar-refractivity contribution in [3.8, 4) is 45.8 Å². The van der Waals surface area contributed by atoms with E-state index in [1.165, 1.54) is 0 Å². The monoisotopic (exact) mass is 700 g/mol. The van der Waals surface area contributed by atoms with Gasteiger partial charge in [-0.1, -0.05) is 84.9 Å². The molecule has 0 amide bonds. The van der Waals surface area contributed by atoms with Gasteiger partial charge in [0.05, 0.1) is 56.1 Å². The number of hydrogen-bond donors (Lipinski definition) is 0. The topological polar surface area (TPSA) is 70.6 Å². The summed E-state index contributed by atoms with van der Waals surface area (Å²) in [6.07, 6.45) is 0. The second-order valence-corrected chi connectivity index (χ2v) is 14.0. The van der Waals surface area contributed by atoms with Crippen molar-refractivity contribution in [2.24, 2.45) is 0 Å². The maximum absolute atomic E-state index is 9.24. The average Bonchev–Trinajstić information content (AvgIpc) is 3.91. The Balaban J connectivity index is 1.09. The molecule has 0 fully saturated rings. The maximum Gasteiger partial charge on any atom is 0.145 e. The lowest BCUT2D eigenvalue weighted by atomic mass is 10.0. The molecule has 8 aromatic carbocycles. The zero-order chi connectivity index (χ0) is 36.6. The minimum atomic E-state index is 0.653. The van der Waals surface area contributed by atoms with Crippen molar-refractivity contribution in [2.75, 3.05) is 0 Å². The van der Waals surface area contributed by atoms with Crippen molar-refractivity contribution >= 4 is 65.6 Å². The van der Waals surface area contributed by atoms with Crippen molar-refractivity contribution in [3.05, 3.63) is 181 Å². The standard InChI is InChI=1S/C50H28N4O/c51-29-31-9-13-33(14-10-31)35-17-21-37(22-18-35)53-43-7-3-1-5-41(43)47-45(53)27-25-39-40-26-28-46-48(50(40)55-49(39)47)42-6-2-4-8-44(42)54(46)38-23-19-36(20-24-38)34-15-11-32(30-52)12-16-34/h1-28H. The molecule has 254 valence electrons. The van der Waals surface area contributed by atoms with Crippen LogP contribution in [0.1, 0.15) is 11.1 Å². The molecule has 0 aliphatic carbocycles. The molecule has 3 aromatic heterocycles. The number of benzene rings is 8. The molecule has 5 nitrogen and oxygen atoms in total. The summed E-state index contributed by atoms with van der Waals surface area (Å²) < 4.78 is 11.8. The molecule has 0 spiro atoms. The number of para-hydroxylation sites is 2. The first-order chi connectivity index (χ1) is 27.2. The molecule has 11 rings (SSSR count). The van der Waals surface area contributed by atoms with Crippen molar-refractivity contribution in [1.29, 1.82) is 10.5 Å². The third kappa shape index (κ3) is 4.58. The molecule has 0 N–H and O–H groups in total. The smallest absolute Gasteiger partial charge is 0.145 e. The van der Waals surface area contributed by atoms with Crippen LogP contribution < -0.4 is 0 Å². The van der Waals surface area contributed by atoms with E-state index in [1.54, 1.807) is 0 Å². The molecular weight excluding hydrogens is 673 g/mol. The first-order valence-electron chi connectivity index (χ1n) is 18.2. The SMILES string of the molecule is N#Cc1ccc(-c2ccc(-n3c4ccccc4c4c5oc6c(ccc7c6c6ccccc6n7-c6ccc(-c7ccc(C#N)cc7)cc6)c5ccc43)cc2)cc1. The number of furan rings is 1. The van der Waals surface area contributed by atoms with Crippen LogP contribution in [0.4, 0.5) is 0 Å². The Labute approximate surface area is 315 Å². The fourth-order valence-corrected chi connectivity index (χ4v) is 8.43. The van der Waals surface area contributed by atoms with Crippen LogP contribution in [0.5, 0.6) is 0 Å². The second kappa shape index (κ2) is 11.8. The number of aromatic nitrogens is 2. The number of nitriles is 2. The highest BCUT2D eigenvalue weighted by atomic mass is 16.3. The summed E-state index contributed by atoms with van der Waals surface area (Å²) in [5.74, 6) is 0. The summed E-state index contributed by atoms with van der Waals surface area (Å²) in [7, 11) is 0. The summed E-state index contributed by atoms with van der Waals surface area (Å²) in [5.41, 5.74) is 13.9. The number of hydrogen-bond acceptors (Lipinski definition) is 3. The lowest BCUT2D eigenvalue weighted by Crippen LogP contribution is -1.93. The molecule has 0 atom stereocenters. The molecule has 0 saturated heterocycles. The average molecular weight is 701 g/mol. The Morgan fingerprint density at radius 3 is 1.09 bits per heavy atom. The Kier molecular flexibility index (Phi) is 6.61. The highest BCUT2D eigenvalue weighted by Crippen LogP contribution is 2.45. The zero-order valence-corrected chi connectivity index (χ0v) is 29.4. The molecule has 0 aliphatic rings. The Bertz CT molecular complexity index is 3170. The van der Waals surface area contributed by atoms with Crippen LogP contribution in [-0.4, -0.2) is 9.13 Å². The van der Waals surface area contributed by atoms with Crippen LogP contribution >= 0.6 is 0 Å². The molecule has 0 radical (unpaired) electrons. The largest absolute Gasteiger partial charge is 0.455 e.